The van der Waals surface area contributed by atoms with Crippen molar-refractivity contribution in [1.29, 1.82) is 0 Å². The molecule has 0 atom stereocenters. The number of hydrogen-bond donors (Lipinski definition) is 2. The van der Waals surface area contributed by atoms with Crippen LogP contribution in [0.2, 0.25) is 0 Å². The number of pyridine rings is 2. The van der Waals surface area contributed by atoms with Crippen LogP contribution in [0.3, 0.4) is 0 Å². The molecule has 0 saturated heterocycles. The molecule has 2 N–H and O–H groups in total. The molecule has 2 aromatic heterocycles. The first-order valence-corrected chi connectivity index (χ1v) is 18.4. The van der Waals surface area contributed by atoms with E-state index in [0.29, 0.717) is 49.5 Å². The molecule has 54 heavy (non-hydrogen) atoms. The first-order valence-electron chi connectivity index (χ1n) is 18.4. The van der Waals surface area contributed by atoms with Crippen molar-refractivity contribution in [3.05, 3.63) is 119 Å². The number of carboxylic acid groups (broad SMARTS) is 2. The summed E-state index contributed by atoms with van der Waals surface area (Å²) in [6, 6.07) is 15.6. The van der Waals surface area contributed by atoms with E-state index < -0.39 is 11.9 Å². The molecule has 10 nitrogen and oxygen atoms in total. The average molecular weight is 737 g/mol. The van der Waals surface area contributed by atoms with Gasteiger partial charge in [0.25, 0.3) is 0 Å². The summed E-state index contributed by atoms with van der Waals surface area (Å²) < 4.78 is 12.1. The summed E-state index contributed by atoms with van der Waals surface area (Å²) in [5.41, 5.74) is 8.05. The van der Waals surface area contributed by atoms with Crippen LogP contribution in [0.5, 0.6) is 11.5 Å². The van der Waals surface area contributed by atoms with Crippen molar-refractivity contribution in [2.24, 2.45) is 0 Å². The van der Waals surface area contributed by atoms with Crippen LogP contribution in [0.4, 0.5) is 22.7 Å². The van der Waals surface area contributed by atoms with Crippen LogP contribution in [-0.2, 0) is 0 Å². The third kappa shape index (κ3) is 11.7. The van der Waals surface area contributed by atoms with Crippen LogP contribution in [0.15, 0.2) is 96.6 Å². The molecule has 0 unspecified atom stereocenters. The van der Waals surface area contributed by atoms with Crippen molar-refractivity contribution in [3.8, 4) is 11.5 Å². The van der Waals surface area contributed by atoms with Crippen molar-refractivity contribution in [2.75, 3.05) is 36.1 Å². The molecule has 0 fully saturated rings. The summed E-state index contributed by atoms with van der Waals surface area (Å²) in [4.78, 5) is 35.0. The Bertz CT molecular complexity index is 1790. The van der Waals surface area contributed by atoms with Gasteiger partial charge in [0.15, 0.2) is 0 Å². The minimum atomic E-state index is -0.990. The molecule has 0 bridgehead atoms. The molecule has 10 heteroatoms. The Balaban J connectivity index is 0.000000290. The highest BCUT2D eigenvalue weighted by molar-refractivity contribution is 5.96. The Morgan fingerprint density at radius 1 is 0.648 bits per heavy atom. The van der Waals surface area contributed by atoms with Crippen molar-refractivity contribution >= 4 is 34.7 Å². The Morgan fingerprint density at radius 3 is 1.31 bits per heavy atom. The number of nitrogens with zero attached hydrogens (tertiary/aromatic N) is 4. The number of carbonyl (C=O) groups is 2. The number of anilines is 4. The highest BCUT2D eigenvalue weighted by atomic mass is 16.5. The molecule has 288 valence electrons. The Kier molecular flexibility index (Phi) is 16.3. The predicted octanol–water partition coefficient (Wildman–Crippen LogP) is 10.8. The zero-order valence-corrected chi connectivity index (χ0v) is 33.4. The van der Waals surface area contributed by atoms with Crippen LogP contribution in [0, 0.1) is 0 Å². The van der Waals surface area contributed by atoms with Gasteiger partial charge in [-0.1, -0.05) is 51.0 Å². The molecule has 0 radical (unpaired) electrons. The second-order valence-corrected chi connectivity index (χ2v) is 13.8. The maximum absolute atomic E-state index is 11.6. The fraction of sp³-hybridized carbons (Fsp3) is 0.364. The number of aromatic carboxylic acids is 2. The summed E-state index contributed by atoms with van der Waals surface area (Å²) in [5.74, 6) is 0.317. The van der Waals surface area contributed by atoms with Crippen LogP contribution in [0.1, 0.15) is 113 Å². The van der Waals surface area contributed by atoms with E-state index in [1.807, 2.05) is 87.8 Å². The number of allylic oxidation sites excluding steroid dienone is 2. The van der Waals surface area contributed by atoms with Gasteiger partial charge in [0, 0.05) is 61.4 Å². The third-order valence-electron chi connectivity index (χ3n) is 8.59. The maximum atomic E-state index is 11.6. The van der Waals surface area contributed by atoms with Crippen LogP contribution in [0.25, 0.3) is 0 Å². The number of benzene rings is 2. The van der Waals surface area contributed by atoms with Crippen LogP contribution < -0.4 is 19.3 Å². The summed E-state index contributed by atoms with van der Waals surface area (Å²) in [6.07, 6.45) is 10.1. The molecule has 0 spiro atoms. The van der Waals surface area contributed by atoms with Crippen molar-refractivity contribution in [2.45, 2.75) is 81.1 Å². The Morgan fingerprint density at radius 2 is 1.02 bits per heavy atom. The van der Waals surface area contributed by atoms with Crippen molar-refractivity contribution < 1.29 is 29.3 Å². The molecule has 0 amide bonds. The number of aromatic nitrogens is 2. The highest BCUT2D eigenvalue weighted by Crippen LogP contribution is 2.36. The van der Waals surface area contributed by atoms with Gasteiger partial charge < -0.3 is 29.5 Å². The molecule has 0 aliphatic carbocycles. The molecular weight excluding hydrogens is 681 g/mol. The minimum absolute atomic E-state index is 0.180. The van der Waals surface area contributed by atoms with Gasteiger partial charge >= 0.3 is 11.9 Å². The summed E-state index contributed by atoms with van der Waals surface area (Å²) in [5, 5.41) is 19.0. The number of ether oxygens (including phenoxy) is 2. The van der Waals surface area contributed by atoms with Crippen LogP contribution >= 0.6 is 0 Å². The van der Waals surface area contributed by atoms with E-state index in [2.05, 4.69) is 49.8 Å². The molecule has 2 heterocycles. The van der Waals surface area contributed by atoms with Gasteiger partial charge in [0.1, 0.15) is 35.8 Å². The minimum Gasteiger partial charge on any atom is -0.489 e. The number of carboxylic acids is 2. The molecular formula is C44H56N4O6. The molecule has 4 rings (SSSR count). The van der Waals surface area contributed by atoms with E-state index >= 15 is 0 Å². The van der Waals surface area contributed by atoms with Crippen molar-refractivity contribution in [1.82, 2.24) is 9.97 Å². The lowest BCUT2D eigenvalue weighted by Crippen LogP contribution is -2.19. The monoisotopic (exact) mass is 736 g/mol. The fourth-order valence-electron chi connectivity index (χ4n) is 5.74. The SMILES string of the molecule is CCN(c1ccc(C(C)C)c(OCC=C(C)C)c1)c1ccncc1C(=O)O.CCN(c1ccc(C(C)C)c(OCC=C(C)C)c1)c1ccncc1C(=O)O. The third-order valence-corrected chi connectivity index (χ3v) is 8.59. The summed E-state index contributed by atoms with van der Waals surface area (Å²) in [6.45, 7) is 22.9. The van der Waals surface area contributed by atoms with Crippen LogP contribution in [-0.4, -0.2) is 58.4 Å². The topological polar surface area (TPSA) is 125 Å². The highest BCUT2D eigenvalue weighted by Gasteiger charge is 2.20. The van der Waals surface area contributed by atoms with E-state index in [-0.39, 0.29) is 11.1 Å². The zero-order valence-electron chi connectivity index (χ0n) is 33.4. The first kappa shape index (κ1) is 42.8. The average Bonchev–Trinajstić information content (AvgIpc) is 3.12. The number of rotatable bonds is 16. The molecule has 4 aromatic rings. The standard InChI is InChI=1S/2C22H28N2O3/c2*1-6-24(20-9-11-23-14-19(20)22(25)26)17-7-8-18(16(4)5)21(13-17)27-12-10-15(2)3/h2*7-11,13-14,16H,6,12H2,1-5H3,(H,25,26). The Labute approximate surface area is 320 Å². The van der Waals surface area contributed by atoms with E-state index in [9.17, 15) is 19.8 Å². The predicted molar refractivity (Wildman–Crippen MR) is 219 cm³/mol. The molecule has 2 aromatic carbocycles. The van der Waals surface area contributed by atoms with E-state index in [0.717, 1.165) is 34.0 Å². The van der Waals surface area contributed by atoms with Gasteiger partial charge in [0.05, 0.1) is 11.4 Å². The van der Waals surface area contributed by atoms with Gasteiger partial charge in [-0.25, -0.2) is 9.59 Å². The quantitative estimate of drug-likeness (QED) is 0.107. The van der Waals surface area contributed by atoms with Gasteiger partial charge in [-0.2, -0.15) is 0 Å². The maximum Gasteiger partial charge on any atom is 0.339 e. The van der Waals surface area contributed by atoms with E-state index in [4.69, 9.17) is 9.47 Å². The van der Waals surface area contributed by atoms with E-state index in [1.54, 1.807) is 24.5 Å². The van der Waals surface area contributed by atoms with Gasteiger partial charge in [-0.15, -0.1) is 0 Å². The lowest BCUT2D eigenvalue weighted by Gasteiger charge is -2.26. The summed E-state index contributed by atoms with van der Waals surface area (Å²) >= 11 is 0. The van der Waals surface area contributed by atoms with Gasteiger partial charge in [0.2, 0.25) is 0 Å². The molecule has 0 aliphatic rings. The largest absolute Gasteiger partial charge is 0.489 e. The fourth-order valence-corrected chi connectivity index (χ4v) is 5.74. The van der Waals surface area contributed by atoms with Gasteiger partial charge in [-0.3, -0.25) is 9.97 Å². The zero-order chi connectivity index (χ0) is 39.9. The van der Waals surface area contributed by atoms with Gasteiger partial charge in [-0.05, 0) is 101 Å². The normalized spacial score (nSPS) is 10.6. The second kappa shape index (κ2) is 20.6. The van der Waals surface area contributed by atoms with Crippen molar-refractivity contribution in [3.63, 3.8) is 0 Å². The smallest absolute Gasteiger partial charge is 0.339 e. The first-order chi connectivity index (χ1) is 25.7. The van der Waals surface area contributed by atoms with E-state index in [1.165, 1.54) is 23.5 Å². The lowest BCUT2D eigenvalue weighted by molar-refractivity contribution is 0.0686. The second-order valence-electron chi connectivity index (χ2n) is 13.8. The molecule has 0 saturated carbocycles. The lowest BCUT2D eigenvalue weighted by atomic mass is 10.0. The Hall–Kier alpha value is -5.64. The summed E-state index contributed by atoms with van der Waals surface area (Å²) in [7, 11) is 0. The number of hydrogen-bond acceptors (Lipinski definition) is 8. The molecule has 0 aliphatic heterocycles.